The Kier molecular flexibility index (Phi) is 3.64. The quantitative estimate of drug-likeness (QED) is 0.883. The van der Waals surface area contributed by atoms with Gasteiger partial charge in [-0.05, 0) is 49.8 Å². The average molecular weight is 268 g/mol. The minimum Gasteiger partial charge on any atom is -0.382 e. The first-order chi connectivity index (χ1) is 8.36. The number of primary sulfonamides is 1. The van der Waals surface area contributed by atoms with Crippen LogP contribution in [0.15, 0.2) is 23.1 Å². The van der Waals surface area contributed by atoms with Gasteiger partial charge in [0.25, 0.3) is 0 Å². The van der Waals surface area contributed by atoms with Crippen molar-refractivity contribution < 1.29 is 8.42 Å². The highest BCUT2D eigenvalue weighted by molar-refractivity contribution is 7.89. The van der Waals surface area contributed by atoms with E-state index in [9.17, 15) is 8.42 Å². The SMILES string of the molecule is Cc1ccc(NC2CCC(C)C2)cc1S(N)(=O)=O. The van der Waals surface area contributed by atoms with Crippen molar-refractivity contribution in [2.45, 2.75) is 44.0 Å². The molecule has 0 spiro atoms. The smallest absolute Gasteiger partial charge is 0.238 e. The van der Waals surface area contributed by atoms with Crippen molar-refractivity contribution >= 4 is 15.7 Å². The monoisotopic (exact) mass is 268 g/mol. The third kappa shape index (κ3) is 3.03. The van der Waals surface area contributed by atoms with Crippen molar-refractivity contribution in [2.75, 3.05) is 5.32 Å². The Balaban J connectivity index is 2.20. The number of anilines is 1. The molecule has 2 rings (SSSR count). The molecule has 1 aliphatic rings. The number of benzene rings is 1. The van der Waals surface area contributed by atoms with Crippen LogP contribution in [0.3, 0.4) is 0 Å². The van der Waals surface area contributed by atoms with Crippen molar-refractivity contribution in [3.8, 4) is 0 Å². The summed E-state index contributed by atoms with van der Waals surface area (Å²) in [7, 11) is -3.64. The Hall–Kier alpha value is -1.07. The van der Waals surface area contributed by atoms with Crippen LogP contribution in [0.1, 0.15) is 31.7 Å². The van der Waals surface area contributed by atoms with Gasteiger partial charge in [0.1, 0.15) is 0 Å². The predicted octanol–water partition coefficient (Wildman–Crippen LogP) is 2.24. The molecule has 0 amide bonds. The average Bonchev–Trinajstić information content (AvgIpc) is 2.65. The molecule has 2 atom stereocenters. The molecule has 1 aliphatic carbocycles. The van der Waals surface area contributed by atoms with Crippen LogP contribution in [0.4, 0.5) is 5.69 Å². The molecule has 1 aromatic rings. The molecule has 0 heterocycles. The third-order valence-electron chi connectivity index (χ3n) is 3.56. The van der Waals surface area contributed by atoms with Gasteiger partial charge in [0.05, 0.1) is 4.90 Å². The summed E-state index contributed by atoms with van der Waals surface area (Å²) in [5.41, 5.74) is 1.52. The Morgan fingerprint density at radius 3 is 2.61 bits per heavy atom. The molecule has 0 saturated heterocycles. The zero-order valence-electron chi connectivity index (χ0n) is 10.8. The number of aryl methyl sites for hydroxylation is 1. The lowest BCUT2D eigenvalue weighted by atomic mass is 10.1. The van der Waals surface area contributed by atoms with E-state index in [1.54, 1.807) is 19.1 Å². The van der Waals surface area contributed by atoms with Gasteiger partial charge in [0, 0.05) is 11.7 Å². The van der Waals surface area contributed by atoms with E-state index in [-0.39, 0.29) is 4.90 Å². The number of hydrogen-bond acceptors (Lipinski definition) is 3. The van der Waals surface area contributed by atoms with Gasteiger partial charge < -0.3 is 5.32 Å². The van der Waals surface area contributed by atoms with E-state index in [4.69, 9.17) is 5.14 Å². The van der Waals surface area contributed by atoms with Crippen LogP contribution in [0.2, 0.25) is 0 Å². The molecule has 0 aromatic heterocycles. The highest BCUT2D eigenvalue weighted by Gasteiger charge is 2.21. The molecular weight excluding hydrogens is 248 g/mol. The minimum absolute atomic E-state index is 0.207. The number of hydrogen-bond donors (Lipinski definition) is 2. The van der Waals surface area contributed by atoms with E-state index in [0.717, 1.165) is 24.4 Å². The second kappa shape index (κ2) is 4.90. The van der Waals surface area contributed by atoms with E-state index in [2.05, 4.69) is 12.2 Å². The summed E-state index contributed by atoms with van der Waals surface area (Å²) in [4.78, 5) is 0.207. The number of rotatable bonds is 3. The van der Waals surface area contributed by atoms with Crippen molar-refractivity contribution in [1.82, 2.24) is 0 Å². The van der Waals surface area contributed by atoms with E-state index in [0.29, 0.717) is 11.6 Å². The Bertz CT molecular complexity index is 540. The van der Waals surface area contributed by atoms with Crippen LogP contribution in [0.25, 0.3) is 0 Å². The summed E-state index contributed by atoms with van der Waals surface area (Å²) in [6, 6.07) is 5.78. The zero-order valence-corrected chi connectivity index (χ0v) is 11.6. The second-order valence-electron chi connectivity index (χ2n) is 5.28. The van der Waals surface area contributed by atoms with Crippen LogP contribution >= 0.6 is 0 Å². The molecule has 2 unspecified atom stereocenters. The molecule has 100 valence electrons. The molecule has 5 heteroatoms. The number of nitrogens with two attached hydrogens (primary N) is 1. The third-order valence-corrected chi connectivity index (χ3v) is 4.61. The topological polar surface area (TPSA) is 72.2 Å². The molecule has 1 fully saturated rings. The Morgan fingerprint density at radius 1 is 1.33 bits per heavy atom. The molecule has 1 saturated carbocycles. The largest absolute Gasteiger partial charge is 0.382 e. The van der Waals surface area contributed by atoms with Crippen molar-refractivity contribution in [3.05, 3.63) is 23.8 Å². The summed E-state index contributed by atoms with van der Waals surface area (Å²) in [6.07, 6.45) is 3.50. The van der Waals surface area contributed by atoms with Gasteiger partial charge in [0.2, 0.25) is 10.0 Å². The lowest BCUT2D eigenvalue weighted by Crippen LogP contribution is -2.17. The fourth-order valence-corrected chi connectivity index (χ4v) is 3.38. The summed E-state index contributed by atoms with van der Waals surface area (Å²) in [5, 5.41) is 8.59. The van der Waals surface area contributed by atoms with E-state index >= 15 is 0 Å². The van der Waals surface area contributed by atoms with E-state index in [1.807, 2.05) is 6.07 Å². The van der Waals surface area contributed by atoms with Crippen LogP contribution in [0.5, 0.6) is 0 Å². The predicted molar refractivity (Wildman–Crippen MR) is 73.0 cm³/mol. The molecule has 18 heavy (non-hydrogen) atoms. The summed E-state index contributed by atoms with van der Waals surface area (Å²) < 4.78 is 22.9. The first-order valence-corrected chi connectivity index (χ1v) is 7.81. The standard InChI is InChI=1S/C13H20N2O2S/c1-9-3-5-11(7-9)15-12-6-4-10(2)13(8-12)18(14,16)17/h4,6,8-9,11,15H,3,5,7H2,1-2H3,(H2,14,16,17). The summed E-state index contributed by atoms with van der Waals surface area (Å²) in [5.74, 6) is 0.741. The zero-order chi connectivity index (χ0) is 13.3. The summed E-state index contributed by atoms with van der Waals surface area (Å²) in [6.45, 7) is 3.99. The highest BCUT2D eigenvalue weighted by Crippen LogP contribution is 2.28. The molecule has 3 N–H and O–H groups in total. The van der Waals surface area contributed by atoms with Crippen molar-refractivity contribution in [3.63, 3.8) is 0 Å². The fraction of sp³-hybridized carbons (Fsp3) is 0.538. The van der Waals surface area contributed by atoms with Gasteiger partial charge in [-0.2, -0.15) is 0 Å². The second-order valence-corrected chi connectivity index (χ2v) is 6.81. The maximum absolute atomic E-state index is 11.4. The van der Waals surface area contributed by atoms with Crippen LogP contribution in [-0.4, -0.2) is 14.5 Å². The maximum Gasteiger partial charge on any atom is 0.238 e. The molecule has 0 radical (unpaired) electrons. The van der Waals surface area contributed by atoms with E-state index in [1.165, 1.54) is 6.42 Å². The van der Waals surface area contributed by atoms with Gasteiger partial charge in [-0.25, -0.2) is 13.6 Å². The van der Waals surface area contributed by atoms with Crippen molar-refractivity contribution in [2.24, 2.45) is 11.1 Å². The molecule has 4 nitrogen and oxygen atoms in total. The fourth-order valence-electron chi connectivity index (χ4n) is 2.57. The maximum atomic E-state index is 11.4. The van der Waals surface area contributed by atoms with E-state index < -0.39 is 10.0 Å². The van der Waals surface area contributed by atoms with Crippen LogP contribution < -0.4 is 10.5 Å². The van der Waals surface area contributed by atoms with Gasteiger partial charge in [-0.15, -0.1) is 0 Å². The van der Waals surface area contributed by atoms with Gasteiger partial charge >= 0.3 is 0 Å². The lowest BCUT2D eigenvalue weighted by Gasteiger charge is -2.15. The molecule has 1 aromatic carbocycles. The van der Waals surface area contributed by atoms with Crippen LogP contribution in [0, 0.1) is 12.8 Å². The Morgan fingerprint density at radius 2 is 2.06 bits per heavy atom. The molecule has 0 bridgehead atoms. The number of sulfonamides is 1. The lowest BCUT2D eigenvalue weighted by molar-refractivity contribution is 0.596. The van der Waals surface area contributed by atoms with Crippen molar-refractivity contribution in [1.29, 1.82) is 0 Å². The van der Waals surface area contributed by atoms with Gasteiger partial charge in [-0.3, -0.25) is 0 Å². The number of nitrogens with one attached hydrogen (secondary N) is 1. The van der Waals surface area contributed by atoms with Gasteiger partial charge in [-0.1, -0.05) is 13.0 Å². The minimum atomic E-state index is -3.64. The first-order valence-electron chi connectivity index (χ1n) is 6.26. The highest BCUT2D eigenvalue weighted by atomic mass is 32.2. The van der Waals surface area contributed by atoms with Gasteiger partial charge in [0.15, 0.2) is 0 Å². The first kappa shape index (κ1) is 13.4. The molecule has 0 aliphatic heterocycles. The normalized spacial score (nSPS) is 24.2. The summed E-state index contributed by atoms with van der Waals surface area (Å²) >= 11 is 0. The molecular formula is C13H20N2O2S. The Labute approximate surface area is 109 Å². The van der Waals surface area contributed by atoms with Crippen LogP contribution in [-0.2, 0) is 10.0 Å².